The van der Waals surface area contributed by atoms with Crippen LogP contribution in [0.5, 0.6) is 0 Å². The molecule has 1 aromatic rings. The highest BCUT2D eigenvalue weighted by molar-refractivity contribution is 5.26. The number of hydrogen-bond donors (Lipinski definition) is 1. The second kappa shape index (κ2) is 8.55. The average Bonchev–Trinajstić information content (AvgIpc) is 2.39. The van der Waals surface area contributed by atoms with Gasteiger partial charge in [0, 0.05) is 25.2 Å². The summed E-state index contributed by atoms with van der Waals surface area (Å²) in [7, 11) is 0. The summed E-state index contributed by atoms with van der Waals surface area (Å²) in [6.45, 7) is 15.4. The molecular formula is C19H34N2. The quantitative estimate of drug-likeness (QED) is 0.775. The smallest absolute Gasteiger partial charge is 0.0473 e. The molecule has 0 aromatic heterocycles. The van der Waals surface area contributed by atoms with Gasteiger partial charge in [-0.2, -0.15) is 0 Å². The molecule has 1 aromatic carbocycles. The van der Waals surface area contributed by atoms with Gasteiger partial charge in [-0.3, -0.25) is 4.90 Å². The van der Waals surface area contributed by atoms with Crippen LogP contribution in [0.3, 0.4) is 0 Å². The summed E-state index contributed by atoms with van der Waals surface area (Å²) in [5.74, 6) is 1.36. The zero-order valence-corrected chi connectivity index (χ0v) is 14.8. The number of nitrogens with two attached hydrogens (primary N) is 1. The van der Waals surface area contributed by atoms with Gasteiger partial charge < -0.3 is 5.73 Å². The predicted molar refractivity (Wildman–Crippen MR) is 93.5 cm³/mol. The molecule has 0 aliphatic rings. The predicted octanol–water partition coefficient (Wildman–Crippen LogP) is 4.25. The van der Waals surface area contributed by atoms with Crippen LogP contribution in [0.25, 0.3) is 0 Å². The molecule has 21 heavy (non-hydrogen) atoms. The Kier molecular flexibility index (Phi) is 7.41. The van der Waals surface area contributed by atoms with Gasteiger partial charge in [0.25, 0.3) is 0 Å². The zero-order valence-electron chi connectivity index (χ0n) is 14.8. The highest BCUT2D eigenvalue weighted by Crippen LogP contribution is 2.24. The van der Waals surface area contributed by atoms with Crippen LogP contribution in [0.4, 0.5) is 0 Å². The lowest BCUT2D eigenvalue weighted by Gasteiger charge is -2.36. The molecule has 2 heteroatoms. The van der Waals surface area contributed by atoms with Gasteiger partial charge >= 0.3 is 0 Å². The van der Waals surface area contributed by atoms with Gasteiger partial charge in [-0.25, -0.2) is 0 Å². The Balaban J connectivity index is 2.91. The van der Waals surface area contributed by atoms with Gasteiger partial charge in [0.1, 0.15) is 0 Å². The Morgan fingerprint density at radius 3 is 1.86 bits per heavy atom. The SMILES string of the molecule is CC(C)Cc1ccc(C(CN)N(CC(C)C)C(C)C)cc1. The molecule has 1 unspecified atom stereocenters. The fraction of sp³-hybridized carbons (Fsp3) is 0.684. The normalized spacial score (nSPS) is 13.7. The zero-order chi connectivity index (χ0) is 16.0. The van der Waals surface area contributed by atoms with E-state index in [2.05, 4.69) is 70.7 Å². The van der Waals surface area contributed by atoms with Crippen LogP contribution in [0, 0.1) is 11.8 Å². The third kappa shape index (κ3) is 5.80. The fourth-order valence-electron chi connectivity index (χ4n) is 2.93. The van der Waals surface area contributed by atoms with Crippen LogP contribution < -0.4 is 5.73 Å². The Morgan fingerprint density at radius 1 is 0.905 bits per heavy atom. The number of rotatable bonds is 8. The molecule has 120 valence electrons. The van der Waals surface area contributed by atoms with E-state index in [9.17, 15) is 0 Å². The molecular weight excluding hydrogens is 256 g/mol. The monoisotopic (exact) mass is 290 g/mol. The van der Waals surface area contributed by atoms with E-state index < -0.39 is 0 Å². The van der Waals surface area contributed by atoms with Crippen molar-refractivity contribution in [1.29, 1.82) is 0 Å². The van der Waals surface area contributed by atoms with E-state index in [4.69, 9.17) is 5.73 Å². The molecule has 1 rings (SSSR count). The number of hydrogen-bond acceptors (Lipinski definition) is 2. The minimum absolute atomic E-state index is 0.320. The van der Waals surface area contributed by atoms with E-state index in [1.165, 1.54) is 11.1 Å². The Bertz CT molecular complexity index is 393. The van der Waals surface area contributed by atoms with E-state index in [0.29, 0.717) is 30.5 Å². The average molecular weight is 290 g/mol. The first-order chi connectivity index (χ1) is 9.85. The van der Waals surface area contributed by atoms with E-state index in [0.717, 1.165) is 13.0 Å². The molecule has 0 spiro atoms. The molecule has 0 aliphatic carbocycles. The number of benzene rings is 1. The lowest BCUT2D eigenvalue weighted by Crippen LogP contribution is -2.40. The van der Waals surface area contributed by atoms with Crippen LogP contribution in [0.15, 0.2) is 24.3 Å². The van der Waals surface area contributed by atoms with Crippen LogP contribution in [-0.2, 0) is 6.42 Å². The second-order valence-corrected chi connectivity index (χ2v) is 7.28. The lowest BCUT2D eigenvalue weighted by atomic mass is 9.97. The molecule has 0 bridgehead atoms. The molecule has 0 amide bonds. The Morgan fingerprint density at radius 2 is 1.48 bits per heavy atom. The summed E-state index contributed by atoms with van der Waals surface area (Å²) >= 11 is 0. The van der Waals surface area contributed by atoms with Crippen LogP contribution in [0.2, 0.25) is 0 Å². The second-order valence-electron chi connectivity index (χ2n) is 7.28. The highest BCUT2D eigenvalue weighted by atomic mass is 15.2. The Labute approximate surface area is 131 Å². The van der Waals surface area contributed by atoms with Gasteiger partial charge in [-0.1, -0.05) is 52.0 Å². The van der Waals surface area contributed by atoms with Crippen molar-refractivity contribution >= 4 is 0 Å². The van der Waals surface area contributed by atoms with Crippen molar-refractivity contribution in [2.45, 2.75) is 60.0 Å². The minimum atomic E-state index is 0.320. The molecule has 0 saturated carbocycles. The van der Waals surface area contributed by atoms with Crippen LogP contribution in [-0.4, -0.2) is 24.0 Å². The summed E-state index contributed by atoms with van der Waals surface area (Å²) in [5.41, 5.74) is 8.86. The van der Waals surface area contributed by atoms with Crippen molar-refractivity contribution in [2.75, 3.05) is 13.1 Å². The van der Waals surface area contributed by atoms with Crippen LogP contribution >= 0.6 is 0 Å². The lowest BCUT2D eigenvalue weighted by molar-refractivity contribution is 0.138. The van der Waals surface area contributed by atoms with Gasteiger partial charge in [-0.15, -0.1) is 0 Å². The van der Waals surface area contributed by atoms with Crippen molar-refractivity contribution in [1.82, 2.24) is 4.90 Å². The molecule has 0 aliphatic heterocycles. The van der Waals surface area contributed by atoms with Gasteiger partial charge in [0.2, 0.25) is 0 Å². The molecule has 0 fully saturated rings. The summed E-state index contributed by atoms with van der Waals surface area (Å²) in [6, 6.07) is 9.91. The van der Waals surface area contributed by atoms with E-state index in [1.54, 1.807) is 0 Å². The van der Waals surface area contributed by atoms with E-state index in [-0.39, 0.29) is 0 Å². The van der Waals surface area contributed by atoms with Gasteiger partial charge in [0.05, 0.1) is 0 Å². The van der Waals surface area contributed by atoms with Crippen molar-refractivity contribution in [3.63, 3.8) is 0 Å². The molecule has 0 saturated heterocycles. The van der Waals surface area contributed by atoms with Crippen molar-refractivity contribution in [3.8, 4) is 0 Å². The fourth-order valence-corrected chi connectivity index (χ4v) is 2.93. The third-order valence-corrected chi connectivity index (χ3v) is 3.87. The minimum Gasteiger partial charge on any atom is -0.329 e. The van der Waals surface area contributed by atoms with Crippen molar-refractivity contribution < 1.29 is 0 Å². The first-order valence-electron chi connectivity index (χ1n) is 8.39. The highest BCUT2D eigenvalue weighted by Gasteiger charge is 2.22. The summed E-state index contributed by atoms with van der Waals surface area (Å²) < 4.78 is 0. The topological polar surface area (TPSA) is 29.3 Å². The first-order valence-corrected chi connectivity index (χ1v) is 8.39. The first kappa shape index (κ1) is 18.2. The molecule has 0 radical (unpaired) electrons. The summed E-state index contributed by atoms with van der Waals surface area (Å²) in [6.07, 6.45) is 1.15. The van der Waals surface area contributed by atoms with E-state index in [1.807, 2.05) is 0 Å². The third-order valence-electron chi connectivity index (χ3n) is 3.87. The molecule has 1 atom stereocenters. The maximum Gasteiger partial charge on any atom is 0.0473 e. The van der Waals surface area contributed by atoms with Crippen LogP contribution in [0.1, 0.15) is 58.7 Å². The van der Waals surface area contributed by atoms with E-state index >= 15 is 0 Å². The standard InChI is InChI=1S/C19H34N2/c1-14(2)11-17-7-9-18(10-8-17)19(12-20)21(16(5)6)13-15(3)4/h7-10,14-16,19H,11-13,20H2,1-6H3. The summed E-state index contributed by atoms with van der Waals surface area (Å²) in [5, 5.41) is 0. The molecule has 2 N–H and O–H groups in total. The molecule has 2 nitrogen and oxygen atoms in total. The largest absolute Gasteiger partial charge is 0.329 e. The molecule has 0 heterocycles. The van der Waals surface area contributed by atoms with Crippen molar-refractivity contribution in [2.24, 2.45) is 17.6 Å². The van der Waals surface area contributed by atoms with Gasteiger partial charge in [0.15, 0.2) is 0 Å². The maximum absolute atomic E-state index is 6.10. The summed E-state index contributed by atoms with van der Waals surface area (Å²) in [4.78, 5) is 2.53. The Hall–Kier alpha value is -0.860. The number of nitrogens with zero attached hydrogens (tertiary/aromatic N) is 1. The van der Waals surface area contributed by atoms with Crippen molar-refractivity contribution in [3.05, 3.63) is 35.4 Å². The van der Waals surface area contributed by atoms with Gasteiger partial charge in [-0.05, 0) is 43.2 Å². The maximum atomic E-state index is 6.10.